The first-order valence-corrected chi connectivity index (χ1v) is 23.1. The van der Waals surface area contributed by atoms with Gasteiger partial charge in [-0.15, -0.1) is 21.5 Å². The molecular weight excluding hydrogens is 864 g/mol. The van der Waals surface area contributed by atoms with Crippen LogP contribution in [0.3, 0.4) is 0 Å². The molecule has 1 aliphatic carbocycles. The first kappa shape index (κ1) is 44.2. The molecule has 0 saturated heterocycles. The molecule has 5 heterocycles. The van der Waals surface area contributed by atoms with E-state index >= 15 is 0 Å². The smallest absolute Gasteiger partial charge is 0.235 e. The van der Waals surface area contributed by atoms with E-state index in [1.54, 1.807) is 11.3 Å². The van der Waals surface area contributed by atoms with Gasteiger partial charge in [-0.05, 0) is 117 Å². The van der Waals surface area contributed by atoms with Crippen molar-refractivity contribution in [1.82, 2.24) is 19.7 Å². The maximum absolute atomic E-state index is 13.5. The van der Waals surface area contributed by atoms with Crippen LogP contribution in [0.15, 0.2) is 84.0 Å². The molecular formula is C49H51ClN8O6S. The molecule has 0 unspecified atom stereocenters. The Morgan fingerprint density at radius 3 is 2.31 bits per heavy atom. The van der Waals surface area contributed by atoms with Crippen LogP contribution in [0.2, 0.25) is 5.02 Å². The molecule has 1 spiro atoms. The molecule has 16 heteroatoms. The summed E-state index contributed by atoms with van der Waals surface area (Å²) in [5.41, 5.74) is 9.48. The molecule has 3 aromatic carbocycles. The Hall–Kier alpha value is -5.97. The van der Waals surface area contributed by atoms with Crippen LogP contribution >= 0.6 is 22.9 Å². The number of hydrogen-bond donors (Lipinski definition) is 3. The number of aromatic nitrogens is 4. The number of fused-ring (bicyclic) bond motifs is 5. The van der Waals surface area contributed by atoms with Crippen LogP contribution in [0.25, 0.3) is 16.1 Å². The van der Waals surface area contributed by atoms with Gasteiger partial charge in [0, 0.05) is 50.7 Å². The number of benzene rings is 3. The normalized spacial score (nSPS) is 15.4. The number of thiophene rings is 1. The van der Waals surface area contributed by atoms with E-state index < -0.39 is 6.04 Å². The third-order valence-electron chi connectivity index (χ3n) is 12.1. The SMILES string of the molecule is Cc1cc(NCCOCCOCCOCCOc2ccc(NC(=O)C[C@@H]3N=C(c4ccc(Cl)cc4)c4c(sc(C)c4C)-n4c(C)nnc43)cc2)ncc1-c1ccc2c(c1)C1(CC1)C(=O)N2. The monoisotopic (exact) mass is 914 g/mol. The van der Waals surface area contributed by atoms with Crippen molar-refractivity contribution in [3.63, 3.8) is 0 Å². The zero-order valence-corrected chi connectivity index (χ0v) is 38.4. The van der Waals surface area contributed by atoms with Crippen molar-refractivity contribution in [3.8, 4) is 21.9 Å². The number of rotatable bonds is 19. The van der Waals surface area contributed by atoms with E-state index in [4.69, 9.17) is 35.5 Å². The lowest BCUT2D eigenvalue weighted by Crippen LogP contribution is -2.18. The van der Waals surface area contributed by atoms with Crippen molar-refractivity contribution >= 4 is 57.7 Å². The lowest BCUT2D eigenvalue weighted by Gasteiger charge is -2.13. The molecule has 9 rings (SSSR count). The van der Waals surface area contributed by atoms with Crippen LogP contribution in [0.1, 0.15) is 69.6 Å². The summed E-state index contributed by atoms with van der Waals surface area (Å²) in [6.07, 6.45) is 3.79. The number of anilines is 3. The van der Waals surface area contributed by atoms with E-state index in [1.165, 1.54) is 4.88 Å². The van der Waals surface area contributed by atoms with Crippen LogP contribution in [0.4, 0.5) is 17.2 Å². The number of ether oxygens (including phenoxy) is 4. The molecule has 14 nitrogen and oxygen atoms in total. The Morgan fingerprint density at radius 2 is 1.58 bits per heavy atom. The van der Waals surface area contributed by atoms with Gasteiger partial charge in [-0.1, -0.05) is 29.8 Å². The average molecular weight is 916 g/mol. The van der Waals surface area contributed by atoms with Crippen molar-refractivity contribution < 1.29 is 28.5 Å². The highest BCUT2D eigenvalue weighted by Gasteiger charge is 2.56. The first-order valence-electron chi connectivity index (χ1n) is 21.9. The van der Waals surface area contributed by atoms with Crippen LogP contribution < -0.4 is 20.7 Å². The molecule has 1 saturated carbocycles. The molecule has 0 radical (unpaired) electrons. The van der Waals surface area contributed by atoms with E-state index in [9.17, 15) is 9.59 Å². The fourth-order valence-corrected chi connectivity index (χ4v) is 9.66. The first-order chi connectivity index (χ1) is 31.6. The Labute approximate surface area is 386 Å². The number of hydrogen-bond acceptors (Lipinski definition) is 12. The highest BCUT2D eigenvalue weighted by atomic mass is 35.5. The molecule has 0 bridgehead atoms. The average Bonchev–Trinajstić information content (AvgIpc) is 3.89. The van der Waals surface area contributed by atoms with Gasteiger partial charge in [0.05, 0.1) is 57.2 Å². The number of nitrogens with zero attached hydrogens (tertiary/aromatic N) is 5. The second-order valence-corrected chi connectivity index (χ2v) is 18.1. The number of nitrogens with one attached hydrogen (secondary N) is 3. The minimum Gasteiger partial charge on any atom is -0.491 e. The Morgan fingerprint density at radius 1 is 0.877 bits per heavy atom. The van der Waals surface area contributed by atoms with Crippen molar-refractivity contribution in [1.29, 1.82) is 0 Å². The highest BCUT2D eigenvalue weighted by molar-refractivity contribution is 7.15. The molecule has 3 aromatic heterocycles. The van der Waals surface area contributed by atoms with Gasteiger partial charge in [0.25, 0.3) is 0 Å². The van der Waals surface area contributed by atoms with Gasteiger partial charge in [0.2, 0.25) is 11.8 Å². The van der Waals surface area contributed by atoms with E-state index in [0.29, 0.717) is 75.1 Å². The maximum atomic E-state index is 13.5. The second kappa shape index (κ2) is 19.2. The number of aliphatic imine (C=N–C) groups is 1. The van der Waals surface area contributed by atoms with Gasteiger partial charge in [-0.2, -0.15) is 0 Å². The van der Waals surface area contributed by atoms with E-state index in [1.807, 2.05) is 84.4 Å². The highest BCUT2D eigenvalue weighted by Crippen LogP contribution is 2.55. The number of amides is 2. The van der Waals surface area contributed by atoms with Gasteiger partial charge in [0.15, 0.2) is 5.82 Å². The Kier molecular flexibility index (Phi) is 13.1. The third-order valence-corrected chi connectivity index (χ3v) is 13.5. The van der Waals surface area contributed by atoms with Crippen molar-refractivity contribution in [2.24, 2.45) is 4.99 Å². The van der Waals surface area contributed by atoms with Crippen LogP contribution in [-0.4, -0.2) is 90.1 Å². The van der Waals surface area contributed by atoms with Crippen molar-refractivity contribution in [2.75, 3.05) is 68.7 Å². The van der Waals surface area contributed by atoms with Crippen LogP contribution in [0.5, 0.6) is 5.75 Å². The standard InChI is InChI=1S/C49H51ClN8O6S/c1-29-25-42(52-28-38(29)34-7-14-40-39(26-34)49(15-16-49)48(60)55-40)51-17-18-61-19-20-62-21-22-63-23-24-64-37-12-10-36(11-13-37)53-43(59)27-41-46-57-56-32(4)58(46)47-44(30(2)31(3)65-47)45(54-41)33-5-8-35(50)9-6-33/h5-14,25-26,28,41H,15-24,27H2,1-4H3,(H,51,52)(H,53,59)(H,55,60)/t41-/m0/s1. The predicted molar refractivity (Wildman–Crippen MR) is 253 cm³/mol. The lowest BCUT2D eigenvalue weighted by molar-refractivity contribution is -0.118. The minimum absolute atomic E-state index is 0.0723. The maximum Gasteiger partial charge on any atom is 0.235 e. The van der Waals surface area contributed by atoms with Gasteiger partial charge in [0.1, 0.15) is 35.0 Å². The summed E-state index contributed by atoms with van der Waals surface area (Å²) in [5, 5.41) is 19.9. The molecule has 336 valence electrons. The third kappa shape index (κ3) is 9.56. The fourth-order valence-electron chi connectivity index (χ4n) is 8.32. The summed E-state index contributed by atoms with van der Waals surface area (Å²) in [7, 11) is 0. The zero-order valence-electron chi connectivity index (χ0n) is 36.8. The van der Waals surface area contributed by atoms with E-state index in [-0.39, 0.29) is 23.7 Å². The Bertz CT molecular complexity index is 2750. The van der Waals surface area contributed by atoms with Gasteiger partial charge in [-0.25, -0.2) is 4.98 Å². The topological polar surface area (TPSA) is 163 Å². The molecule has 1 atom stereocenters. The Balaban J connectivity index is 0.651. The lowest BCUT2D eigenvalue weighted by atomic mass is 9.93. The molecule has 1 fully saturated rings. The predicted octanol–water partition coefficient (Wildman–Crippen LogP) is 8.72. The van der Waals surface area contributed by atoms with Crippen molar-refractivity contribution in [3.05, 3.63) is 128 Å². The van der Waals surface area contributed by atoms with Crippen LogP contribution in [-0.2, 0) is 29.2 Å². The molecule has 65 heavy (non-hydrogen) atoms. The summed E-state index contributed by atoms with van der Waals surface area (Å²) in [6, 6.07) is 22.5. The van der Waals surface area contributed by atoms with Gasteiger partial charge < -0.3 is 34.9 Å². The minimum atomic E-state index is -0.569. The number of aryl methyl sites for hydroxylation is 3. The summed E-state index contributed by atoms with van der Waals surface area (Å²) < 4.78 is 24.9. The fraction of sp³-hybridized carbons (Fsp3) is 0.347. The number of carbonyl (C=O) groups excluding carboxylic acids is 2. The van der Waals surface area contributed by atoms with E-state index in [0.717, 1.165) is 79.8 Å². The number of carbonyl (C=O) groups is 2. The number of halogens is 1. The van der Waals surface area contributed by atoms with Gasteiger partial charge in [-0.3, -0.25) is 19.1 Å². The summed E-state index contributed by atoms with van der Waals surface area (Å²) in [6.45, 7) is 11.9. The number of pyridine rings is 1. The van der Waals surface area contributed by atoms with E-state index in [2.05, 4.69) is 58.0 Å². The molecule has 2 amide bonds. The molecule has 6 aromatic rings. The molecule has 2 aliphatic heterocycles. The second-order valence-electron chi connectivity index (χ2n) is 16.5. The molecule has 3 aliphatic rings. The largest absolute Gasteiger partial charge is 0.491 e. The summed E-state index contributed by atoms with van der Waals surface area (Å²) >= 11 is 7.92. The van der Waals surface area contributed by atoms with Crippen molar-refractivity contribution in [2.45, 2.75) is 58.4 Å². The summed E-state index contributed by atoms with van der Waals surface area (Å²) in [5.74, 6) is 2.74. The molecule has 3 N–H and O–H groups in total. The van der Waals surface area contributed by atoms with Crippen LogP contribution in [0, 0.1) is 27.7 Å². The zero-order chi connectivity index (χ0) is 45.1. The summed E-state index contributed by atoms with van der Waals surface area (Å²) in [4.78, 5) is 36.9. The van der Waals surface area contributed by atoms with Gasteiger partial charge >= 0.3 is 0 Å². The quantitative estimate of drug-likeness (QED) is 0.0670.